The summed E-state index contributed by atoms with van der Waals surface area (Å²) in [5.41, 5.74) is 4.63. The van der Waals surface area contributed by atoms with Gasteiger partial charge in [-0.3, -0.25) is 4.79 Å². The third-order valence-electron chi connectivity index (χ3n) is 0.882. The molecule has 0 aromatic rings. The average molecular weight is 166 g/mol. The number of primary amides is 1. The van der Waals surface area contributed by atoms with Crippen LogP contribution in [0.2, 0.25) is 0 Å². The summed E-state index contributed by atoms with van der Waals surface area (Å²) in [6.07, 6.45) is -1.55. The van der Waals surface area contributed by atoms with Crippen LogP contribution in [0.3, 0.4) is 0 Å². The molecule has 0 bridgehead atoms. The fourth-order valence-electron chi connectivity index (χ4n) is 0.430. The van der Waals surface area contributed by atoms with Gasteiger partial charge >= 0.3 is 6.09 Å². The van der Waals surface area contributed by atoms with Crippen LogP contribution in [0, 0.1) is 0 Å². The summed E-state index contributed by atoms with van der Waals surface area (Å²) >= 11 is 5.02. The summed E-state index contributed by atoms with van der Waals surface area (Å²) in [6, 6.07) is 0. The van der Waals surface area contributed by atoms with Crippen molar-refractivity contribution in [3.8, 4) is 0 Å². The third-order valence-corrected chi connectivity index (χ3v) is 1.13. The molecular formula is C5H8ClNO3. The maximum Gasteiger partial charge on any atom is 0.405 e. The Morgan fingerprint density at radius 1 is 1.70 bits per heavy atom. The predicted octanol–water partition coefficient (Wildman–Crippen LogP) is 0.626. The number of halogens is 1. The van der Waals surface area contributed by atoms with E-state index in [0.717, 1.165) is 0 Å². The van der Waals surface area contributed by atoms with Crippen LogP contribution in [-0.4, -0.2) is 17.4 Å². The fraction of sp³-hybridized carbons (Fsp3) is 0.600. The quantitative estimate of drug-likeness (QED) is 0.624. The van der Waals surface area contributed by atoms with E-state index < -0.39 is 17.4 Å². The highest BCUT2D eigenvalue weighted by molar-refractivity contribution is 6.64. The highest BCUT2D eigenvalue weighted by Gasteiger charge is 2.16. The molecule has 0 heterocycles. The Bertz CT molecular complexity index is 148. The molecule has 0 aliphatic rings. The summed E-state index contributed by atoms with van der Waals surface area (Å²) in [4.78, 5) is 20.4. The zero-order chi connectivity index (χ0) is 8.15. The van der Waals surface area contributed by atoms with Gasteiger partial charge in [0.15, 0.2) is 6.10 Å². The van der Waals surface area contributed by atoms with Gasteiger partial charge in [-0.2, -0.15) is 0 Å². The van der Waals surface area contributed by atoms with Crippen molar-refractivity contribution in [2.45, 2.75) is 19.4 Å². The smallest absolute Gasteiger partial charge is 0.405 e. The second-order valence-corrected chi connectivity index (χ2v) is 2.01. The summed E-state index contributed by atoms with van der Waals surface area (Å²) in [6.45, 7) is 1.66. The molecule has 0 radical (unpaired) electrons. The minimum Gasteiger partial charge on any atom is -0.437 e. The van der Waals surface area contributed by atoms with Gasteiger partial charge in [0.25, 0.3) is 5.24 Å². The molecule has 0 rings (SSSR count). The van der Waals surface area contributed by atoms with E-state index in [1.165, 1.54) is 0 Å². The summed E-state index contributed by atoms with van der Waals surface area (Å²) in [5.74, 6) is 0. The fourth-order valence-corrected chi connectivity index (χ4v) is 0.629. The standard InChI is InChI=1S/C5H8ClNO3/c1-2-3(4(6)8)10-5(7)9/h3H,2H2,1H3,(H2,7,9). The van der Waals surface area contributed by atoms with Crippen LogP contribution in [0.4, 0.5) is 4.79 Å². The Labute approximate surface area is 63.3 Å². The average Bonchev–Trinajstić information content (AvgIpc) is 1.81. The molecule has 5 heteroatoms. The number of hydrogen-bond acceptors (Lipinski definition) is 3. The highest BCUT2D eigenvalue weighted by atomic mass is 35.5. The van der Waals surface area contributed by atoms with E-state index in [0.29, 0.717) is 6.42 Å². The lowest BCUT2D eigenvalue weighted by Gasteiger charge is -2.07. The molecule has 0 spiro atoms. The molecular weight excluding hydrogens is 158 g/mol. The lowest BCUT2D eigenvalue weighted by atomic mass is 10.3. The molecule has 0 aromatic heterocycles. The number of carbonyl (C=O) groups excluding carboxylic acids is 2. The molecule has 1 atom stereocenters. The molecule has 0 saturated heterocycles. The monoisotopic (exact) mass is 165 g/mol. The molecule has 0 fully saturated rings. The minimum absolute atomic E-state index is 0.339. The first-order chi connectivity index (χ1) is 4.57. The topological polar surface area (TPSA) is 69.4 Å². The number of amides is 1. The lowest BCUT2D eigenvalue weighted by molar-refractivity contribution is -0.119. The van der Waals surface area contributed by atoms with Gasteiger partial charge in [0.05, 0.1) is 0 Å². The van der Waals surface area contributed by atoms with Crippen LogP contribution in [-0.2, 0) is 9.53 Å². The van der Waals surface area contributed by atoms with Gasteiger partial charge in [-0.15, -0.1) is 0 Å². The molecule has 58 valence electrons. The SMILES string of the molecule is CCC(OC(N)=O)C(=O)Cl. The van der Waals surface area contributed by atoms with E-state index in [1.54, 1.807) is 6.92 Å². The van der Waals surface area contributed by atoms with E-state index in [1.807, 2.05) is 0 Å². The first kappa shape index (κ1) is 9.23. The van der Waals surface area contributed by atoms with E-state index in [-0.39, 0.29) is 0 Å². The molecule has 0 aromatic carbocycles. The summed E-state index contributed by atoms with van der Waals surface area (Å²) in [5, 5.41) is -0.707. The Balaban J connectivity index is 3.83. The van der Waals surface area contributed by atoms with Crippen molar-refractivity contribution in [3.63, 3.8) is 0 Å². The van der Waals surface area contributed by atoms with Gasteiger partial charge in [0, 0.05) is 0 Å². The second kappa shape index (κ2) is 4.11. The number of hydrogen-bond donors (Lipinski definition) is 1. The van der Waals surface area contributed by atoms with Crippen LogP contribution >= 0.6 is 11.6 Å². The van der Waals surface area contributed by atoms with Gasteiger partial charge in [0.2, 0.25) is 0 Å². The van der Waals surface area contributed by atoms with Gasteiger partial charge in [-0.1, -0.05) is 6.92 Å². The molecule has 4 nitrogen and oxygen atoms in total. The Kier molecular flexibility index (Phi) is 3.79. The van der Waals surface area contributed by atoms with E-state index in [9.17, 15) is 9.59 Å². The summed E-state index contributed by atoms with van der Waals surface area (Å²) < 4.78 is 4.32. The van der Waals surface area contributed by atoms with Gasteiger partial charge < -0.3 is 10.5 Å². The van der Waals surface area contributed by atoms with E-state index in [4.69, 9.17) is 11.6 Å². The van der Waals surface area contributed by atoms with Gasteiger partial charge in [-0.05, 0) is 18.0 Å². The summed E-state index contributed by atoms with van der Waals surface area (Å²) in [7, 11) is 0. The van der Waals surface area contributed by atoms with Crippen LogP contribution in [0.15, 0.2) is 0 Å². The predicted molar refractivity (Wildman–Crippen MR) is 35.6 cm³/mol. The number of carbonyl (C=O) groups is 2. The highest BCUT2D eigenvalue weighted by Crippen LogP contribution is 2.01. The van der Waals surface area contributed by atoms with Crippen LogP contribution < -0.4 is 5.73 Å². The Morgan fingerprint density at radius 2 is 2.20 bits per heavy atom. The van der Waals surface area contributed by atoms with Crippen molar-refractivity contribution in [1.29, 1.82) is 0 Å². The molecule has 2 N–H and O–H groups in total. The van der Waals surface area contributed by atoms with E-state index in [2.05, 4.69) is 10.5 Å². The molecule has 10 heavy (non-hydrogen) atoms. The maximum atomic E-state index is 10.3. The van der Waals surface area contributed by atoms with Crippen molar-refractivity contribution < 1.29 is 14.3 Å². The third kappa shape index (κ3) is 3.29. The van der Waals surface area contributed by atoms with Crippen molar-refractivity contribution in [2.75, 3.05) is 0 Å². The largest absolute Gasteiger partial charge is 0.437 e. The molecule has 1 amide bonds. The van der Waals surface area contributed by atoms with Crippen LogP contribution in [0.25, 0.3) is 0 Å². The lowest BCUT2D eigenvalue weighted by Crippen LogP contribution is -2.26. The van der Waals surface area contributed by atoms with Crippen molar-refractivity contribution in [3.05, 3.63) is 0 Å². The van der Waals surface area contributed by atoms with Crippen molar-refractivity contribution >= 4 is 22.9 Å². The Hall–Kier alpha value is -0.770. The number of rotatable bonds is 3. The Morgan fingerprint density at radius 3 is 2.30 bits per heavy atom. The zero-order valence-corrected chi connectivity index (χ0v) is 6.22. The zero-order valence-electron chi connectivity index (χ0n) is 5.46. The number of ether oxygens (including phenoxy) is 1. The maximum absolute atomic E-state index is 10.3. The first-order valence-corrected chi connectivity index (χ1v) is 3.11. The van der Waals surface area contributed by atoms with Crippen LogP contribution in [0.5, 0.6) is 0 Å². The molecule has 0 aliphatic heterocycles. The molecule has 0 saturated carbocycles. The second-order valence-electron chi connectivity index (χ2n) is 1.64. The van der Waals surface area contributed by atoms with Crippen molar-refractivity contribution in [1.82, 2.24) is 0 Å². The van der Waals surface area contributed by atoms with Crippen LogP contribution in [0.1, 0.15) is 13.3 Å². The van der Waals surface area contributed by atoms with Gasteiger partial charge in [0.1, 0.15) is 0 Å². The molecule has 1 unspecified atom stereocenters. The normalized spacial score (nSPS) is 12.2. The van der Waals surface area contributed by atoms with Gasteiger partial charge in [-0.25, -0.2) is 4.79 Å². The van der Waals surface area contributed by atoms with E-state index >= 15 is 0 Å². The minimum atomic E-state index is -0.985. The number of nitrogens with two attached hydrogens (primary N) is 1. The first-order valence-electron chi connectivity index (χ1n) is 2.73. The molecule has 0 aliphatic carbocycles. The van der Waals surface area contributed by atoms with Crippen molar-refractivity contribution in [2.24, 2.45) is 5.73 Å².